The van der Waals surface area contributed by atoms with Crippen molar-refractivity contribution in [3.05, 3.63) is 79.8 Å². The molecule has 3 aromatic heterocycles. The van der Waals surface area contributed by atoms with E-state index in [9.17, 15) is 0 Å². The third-order valence-electron chi connectivity index (χ3n) is 4.33. The van der Waals surface area contributed by atoms with Gasteiger partial charge in [-0.05, 0) is 12.1 Å². The number of aromatic nitrogens is 5. The van der Waals surface area contributed by atoms with Gasteiger partial charge in [-0.15, -0.1) is 23.4 Å². The number of pyridine rings is 1. The second-order valence-electron chi connectivity index (χ2n) is 6.32. The standard InChI is InChI=1S/C21H20N6O/c1-3-11-26(12-4-2)15-19-24-23-18-14-17(10-13-27(18)19)21-22-20(25-28-21)16-8-6-5-7-9-16/h3-10,13-14H,1-2,11-12,15H2. The number of hydrogen-bond donors (Lipinski definition) is 0. The van der Waals surface area contributed by atoms with E-state index >= 15 is 0 Å². The van der Waals surface area contributed by atoms with E-state index in [0.717, 1.165) is 35.7 Å². The molecule has 0 spiro atoms. The molecule has 7 heteroatoms. The first-order chi connectivity index (χ1) is 13.8. The van der Waals surface area contributed by atoms with Gasteiger partial charge < -0.3 is 4.52 Å². The van der Waals surface area contributed by atoms with Crippen LogP contribution in [0, 0.1) is 0 Å². The van der Waals surface area contributed by atoms with E-state index < -0.39 is 0 Å². The molecule has 0 aliphatic carbocycles. The van der Waals surface area contributed by atoms with Gasteiger partial charge in [-0.3, -0.25) is 9.30 Å². The van der Waals surface area contributed by atoms with Crippen LogP contribution in [0.1, 0.15) is 5.82 Å². The molecule has 0 fully saturated rings. The van der Waals surface area contributed by atoms with Gasteiger partial charge in [0, 0.05) is 30.4 Å². The SMILES string of the molecule is C=CCN(CC=C)Cc1nnc2cc(-c3nc(-c4ccccc4)no3)ccn12. The van der Waals surface area contributed by atoms with Crippen molar-refractivity contribution in [1.29, 1.82) is 0 Å². The molecule has 1 aromatic carbocycles. The van der Waals surface area contributed by atoms with Crippen molar-refractivity contribution >= 4 is 5.65 Å². The molecule has 0 unspecified atom stereocenters. The zero-order valence-corrected chi connectivity index (χ0v) is 15.4. The van der Waals surface area contributed by atoms with Crippen LogP contribution in [0.25, 0.3) is 28.5 Å². The normalized spacial score (nSPS) is 11.2. The Morgan fingerprint density at radius 2 is 1.79 bits per heavy atom. The lowest BCUT2D eigenvalue weighted by atomic mass is 10.2. The van der Waals surface area contributed by atoms with Crippen LogP contribution in [0.4, 0.5) is 0 Å². The van der Waals surface area contributed by atoms with Crippen LogP contribution in [-0.4, -0.2) is 42.7 Å². The van der Waals surface area contributed by atoms with Crippen molar-refractivity contribution in [1.82, 2.24) is 29.6 Å². The highest BCUT2D eigenvalue weighted by Crippen LogP contribution is 2.23. The lowest BCUT2D eigenvalue weighted by Gasteiger charge is -2.17. The van der Waals surface area contributed by atoms with Gasteiger partial charge in [-0.25, -0.2) is 0 Å². The Kier molecular flexibility index (Phi) is 5.07. The average Bonchev–Trinajstić information content (AvgIpc) is 3.36. The maximum absolute atomic E-state index is 5.44. The Hall–Kier alpha value is -3.58. The van der Waals surface area contributed by atoms with E-state index in [1.54, 1.807) is 0 Å². The lowest BCUT2D eigenvalue weighted by Crippen LogP contribution is -2.24. The minimum absolute atomic E-state index is 0.450. The highest BCUT2D eigenvalue weighted by Gasteiger charge is 2.14. The first-order valence-electron chi connectivity index (χ1n) is 8.96. The highest BCUT2D eigenvalue weighted by atomic mass is 16.5. The number of fused-ring (bicyclic) bond motifs is 1. The van der Waals surface area contributed by atoms with E-state index in [0.29, 0.717) is 18.3 Å². The summed E-state index contributed by atoms with van der Waals surface area (Å²) in [5.41, 5.74) is 2.44. The molecule has 140 valence electrons. The van der Waals surface area contributed by atoms with Crippen molar-refractivity contribution in [2.24, 2.45) is 0 Å². The predicted molar refractivity (Wildman–Crippen MR) is 107 cm³/mol. The second-order valence-corrected chi connectivity index (χ2v) is 6.32. The van der Waals surface area contributed by atoms with Crippen LogP contribution in [0.2, 0.25) is 0 Å². The Bertz CT molecular complexity index is 1090. The van der Waals surface area contributed by atoms with Gasteiger partial charge in [0.2, 0.25) is 5.82 Å². The molecule has 0 saturated carbocycles. The molecule has 0 radical (unpaired) electrons. The van der Waals surface area contributed by atoms with Crippen molar-refractivity contribution in [3.8, 4) is 22.8 Å². The second kappa shape index (κ2) is 7.98. The van der Waals surface area contributed by atoms with E-state index in [4.69, 9.17) is 4.52 Å². The largest absolute Gasteiger partial charge is 0.334 e. The van der Waals surface area contributed by atoms with E-state index in [-0.39, 0.29) is 0 Å². The Labute approximate surface area is 162 Å². The summed E-state index contributed by atoms with van der Waals surface area (Å²) in [4.78, 5) is 6.67. The lowest BCUT2D eigenvalue weighted by molar-refractivity contribution is 0.317. The van der Waals surface area contributed by atoms with Gasteiger partial charge in [0.1, 0.15) is 0 Å². The van der Waals surface area contributed by atoms with Crippen molar-refractivity contribution in [3.63, 3.8) is 0 Å². The quantitative estimate of drug-likeness (QED) is 0.440. The number of benzene rings is 1. The molecule has 3 heterocycles. The van der Waals surface area contributed by atoms with Gasteiger partial charge in [-0.2, -0.15) is 4.98 Å². The molecular weight excluding hydrogens is 352 g/mol. The molecule has 0 N–H and O–H groups in total. The van der Waals surface area contributed by atoms with Crippen LogP contribution in [0.5, 0.6) is 0 Å². The Balaban J connectivity index is 1.60. The first-order valence-corrected chi connectivity index (χ1v) is 8.96. The Morgan fingerprint density at radius 1 is 1.00 bits per heavy atom. The van der Waals surface area contributed by atoms with Gasteiger partial charge in [0.15, 0.2) is 11.5 Å². The minimum atomic E-state index is 0.450. The third-order valence-corrected chi connectivity index (χ3v) is 4.33. The van der Waals surface area contributed by atoms with Gasteiger partial charge in [-0.1, -0.05) is 47.6 Å². The molecule has 0 aliphatic rings. The summed E-state index contributed by atoms with van der Waals surface area (Å²) < 4.78 is 7.40. The zero-order valence-electron chi connectivity index (χ0n) is 15.4. The minimum Gasteiger partial charge on any atom is -0.334 e. The topological polar surface area (TPSA) is 72.3 Å². The average molecular weight is 372 g/mol. The van der Waals surface area contributed by atoms with Crippen molar-refractivity contribution in [2.75, 3.05) is 13.1 Å². The molecule has 0 saturated heterocycles. The molecular formula is C21H20N6O. The monoisotopic (exact) mass is 372 g/mol. The number of hydrogen-bond acceptors (Lipinski definition) is 6. The maximum Gasteiger partial charge on any atom is 0.258 e. The highest BCUT2D eigenvalue weighted by molar-refractivity contribution is 5.62. The van der Waals surface area contributed by atoms with Crippen molar-refractivity contribution < 1.29 is 4.52 Å². The summed E-state index contributed by atoms with van der Waals surface area (Å²) in [5, 5.41) is 12.7. The summed E-state index contributed by atoms with van der Waals surface area (Å²) in [6.45, 7) is 9.76. The van der Waals surface area contributed by atoms with Gasteiger partial charge in [0.25, 0.3) is 5.89 Å². The Morgan fingerprint density at radius 3 is 2.54 bits per heavy atom. The van der Waals surface area contributed by atoms with Gasteiger partial charge in [0.05, 0.1) is 6.54 Å². The third kappa shape index (κ3) is 3.60. The fourth-order valence-corrected chi connectivity index (χ4v) is 3.00. The fraction of sp³-hybridized carbons (Fsp3) is 0.143. The molecule has 4 rings (SSSR count). The summed E-state index contributed by atoms with van der Waals surface area (Å²) in [7, 11) is 0. The van der Waals surface area contributed by atoms with Crippen LogP contribution in [0.15, 0.2) is 78.5 Å². The molecule has 7 nitrogen and oxygen atoms in total. The molecule has 0 aliphatic heterocycles. The molecule has 0 atom stereocenters. The summed E-state index contributed by atoms with van der Waals surface area (Å²) in [5.74, 6) is 1.86. The van der Waals surface area contributed by atoms with Crippen LogP contribution in [0.3, 0.4) is 0 Å². The molecule has 28 heavy (non-hydrogen) atoms. The molecule has 0 bridgehead atoms. The zero-order chi connectivity index (χ0) is 19.3. The van der Waals surface area contributed by atoms with E-state index in [1.165, 1.54) is 0 Å². The molecule has 4 aromatic rings. The number of rotatable bonds is 8. The summed E-state index contributed by atoms with van der Waals surface area (Å²) >= 11 is 0. The van der Waals surface area contributed by atoms with E-state index in [2.05, 4.69) is 38.4 Å². The van der Waals surface area contributed by atoms with Crippen molar-refractivity contribution in [2.45, 2.75) is 6.54 Å². The predicted octanol–water partition coefficient (Wildman–Crippen LogP) is 3.62. The van der Waals surface area contributed by atoms with Crippen LogP contribution >= 0.6 is 0 Å². The maximum atomic E-state index is 5.44. The molecule has 0 amide bonds. The number of nitrogens with zero attached hydrogens (tertiary/aromatic N) is 6. The summed E-state index contributed by atoms with van der Waals surface area (Å²) in [6.07, 6.45) is 5.65. The van der Waals surface area contributed by atoms with E-state index in [1.807, 2.05) is 65.2 Å². The fourth-order valence-electron chi connectivity index (χ4n) is 3.00. The first kappa shape index (κ1) is 17.8. The van der Waals surface area contributed by atoms with Gasteiger partial charge >= 0.3 is 0 Å². The summed E-state index contributed by atoms with van der Waals surface area (Å²) in [6, 6.07) is 13.5. The van der Waals surface area contributed by atoms with Crippen LogP contribution in [-0.2, 0) is 6.54 Å². The van der Waals surface area contributed by atoms with Crippen LogP contribution < -0.4 is 0 Å². The smallest absolute Gasteiger partial charge is 0.258 e.